The summed E-state index contributed by atoms with van der Waals surface area (Å²) in [4.78, 5) is 35.6. The van der Waals surface area contributed by atoms with Gasteiger partial charge in [0.2, 0.25) is 0 Å². The van der Waals surface area contributed by atoms with Crippen LogP contribution in [0.5, 0.6) is 0 Å². The number of carboxylic acid groups (broad SMARTS) is 1. The zero-order valence-electron chi connectivity index (χ0n) is 18.8. The van der Waals surface area contributed by atoms with Crippen LogP contribution in [0.2, 0.25) is 0 Å². The first kappa shape index (κ1) is 21.8. The molecule has 5 heteroatoms. The molecule has 9 atom stereocenters. The van der Waals surface area contributed by atoms with Crippen molar-refractivity contribution in [1.82, 2.24) is 0 Å². The summed E-state index contributed by atoms with van der Waals surface area (Å²) in [6.45, 7) is 7.38. The van der Waals surface area contributed by atoms with Crippen molar-refractivity contribution in [3.8, 4) is 0 Å². The first-order valence-electron chi connectivity index (χ1n) is 12.1. The van der Waals surface area contributed by atoms with Gasteiger partial charge in [0, 0.05) is 18.3 Å². The second kappa shape index (κ2) is 7.94. The van der Waals surface area contributed by atoms with Crippen molar-refractivity contribution in [2.45, 2.75) is 91.1 Å². The van der Waals surface area contributed by atoms with Gasteiger partial charge in [0.15, 0.2) is 0 Å². The van der Waals surface area contributed by atoms with Crippen molar-refractivity contribution >= 4 is 18.2 Å². The lowest BCUT2D eigenvalue weighted by Gasteiger charge is -2.60. The standard InChI is InChI=1S/C25H38O5/c1-15(4-9-23(28)29)19-7-8-20-18-6-5-16-12-17(30-14-26)10-11-24(16,2)21(18)13-22(27)25(19,20)3/h14-21H,4-13H2,1-3H3,(H,28,29)/t15-,16-,17+,18+,19-,20+,21+,24+,25-/m1/s1. The molecule has 4 aliphatic carbocycles. The van der Waals surface area contributed by atoms with E-state index in [2.05, 4.69) is 20.8 Å². The van der Waals surface area contributed by atoms with E-state index in [1.54, 1.807) is 0 Å². The molecule has 0 bridgehead atoms. The summed E-state index contributed by atoms with van der Waals surface area (Å²) in [6.07, 6.45) is 9.05. The summed E-state index contributed by atoms with van der Waals surface area (Å²) >= 11 is 0. The average Bonchev–Trinajstić information content (AvgIpc) is 3.06. The second-order valence-electron chi connectivity index (χ2n) is 11.3. The Balaban J connectivity index is 1.54. The molecule has 0 aliphatic heterocycles. The highest BCUT2D eigenvalue weighted by atomic mass is 16.5. The van der Waals surface area contributed by atoms with Gasteiger partial charge in [-0.3, -0.25) is 14.4 Å². The van der Waals surface area contributed by atoms with Crippen LogP contribution < -0.4 is 0 Å². The lowest BCUT2D eigenvalue weighted by Crippen LogP contribution is -2.57. The largest absolute Gasteiger partial charge is 0.481 e. The quantitative estimate of drug-likeness (QED) is 0.623. The van der Waals surface area contributed by atoms with Crippen LogP contribution in [0.1, 0.15) is 85.0 Å². The van der Waals surface area contributed by atoms with Crippen molar-refractivity contribution in [3.63, 3.8) is 0 Å². The van der Waals surface area contributed by atoms with Crippen LogP contribution >= 0.6 is 0 Å². The third-order valence-electron chi connectivity index (χ3n) is 10.3. The molecule has 0 heterocycles. The minimum Gasteiger partial charge on any atom is -0.481 e. The van der Waals surface area contributed by atoms with Gasteiger partial charge >= 0.3 is 5.97 Å². The Bertz CT molecular complexity index is 704. The molecule has 1 N–H and O–H groups in total. The lowest BCUT2D eigenvalue weighted by atomic mass is 9.44. The number of carbonyl (C=O) groups is 3. The Hall–Kier alpha value is -1.39. The molecule has 0 amide bonds. The first-order valence-corrected chi connectivity index (χ1v) is 12.1. The fraction of sp³-hybridized carbons (Fsp3) is 0.880. The maximum Gasteiger partial charge on any atom is 0.303 e. The molecular weight excluding hydrogens is 380 g/mol. The second-order valence-corrected chi connectivity index (χ2v) is 11.3. The zero-order valence-corrected chi connectivity index (χ0v) is 18.8. The summed E-state index contributed by atoms with van der Waals surface area (Å²) in [7, 11) is 0. The molecule has 4 saturated carbocycles. The molecule has 0 spiro atoms. The van der Waals surface area contributed by atoms with E-state index in [0.717, 1.165) is 32.1 Å². The van der Waals surface area contributed by atoms with E-state index in [0.29, 0.717) is 54.7 Å². The van der Waals surface area contributed by atoms with E-state index in [1.807, 2.05) is 0 Å². The number of hydrogen-bond donors (Lipinski definition) is 1. The monoisotopic (exact) mass is 418 g/mol. The molecule has 0 aromatic carbocycles. The molecule has 30 heavy (non-hydrogen) atoms. The van der Waals surface area contributed by atoms with E-state index in [-0.39, 0.29) is 29.3 Å². The van der Waals surface area contributed by atoms with Crippen LogP contribution in [-0.4, -0.2) is 29.4 Å². The van der Waals surface area contributed by atoms with Crippen LogP contribution in [0.4, 0.5) is 0 Å². The predicted octanol–water partition coefficient (Wildman–Crippen LogP) is 4.87. The van der Waals surface area contributed by atoms with Gasteiger partial charge in [-0.2, -0.15) is 0 Å². The van der Waals surface area contributed by atoms with Crippen LogP contribution in [0, 0.1) is 46.3 Å². The number of carbonyl (C=O) groups excluding carboxylic acids is 2. The Morgan fingerprint density at radius 1 is 1.20 bits per heavy atom. The number of hydrogen-bond acceptors (Lipinski definition) is 4. The molecule has 0 aromatic heterocycles. The SMILES string of the molecule is C[C@H](CCC(=O)O)[C@H]1CC[C@H]2[C@@H]3CC[C@@H]4C[C@@H](OC=O)CC[C@]4(C)[C@H]3CC(=O)[C@]12C. The number of carboxylic acids is 1. The molecule has 0 saturated heterocycles. The summed E-state index contributed by atoms with van der Waals surface area (Å²) in [5, 5.41) is 9.10. The van der Waals surface area contributed by atoms with Crippen molar-refractivity contribution in [3.05, 3.63) is 0 Å². The Labute approximate surface area is 180 Å². The van der Waals surface area contributed by atoms with Crippen molar-refractivity contribution in [1.29, 1.82) is 0 Å². The molecule has 4 rings (SSSR count). The summed E-state index contributed by atoms with van der Waals surface area (Å²) in [6, 6.07) is 0. The number of ether oxygens (including phenoxy) is 1. The Morgan fingerprint density at radius 3 is 2.67 bits per heavy atom. The fourth-order valence-corrected chi connectivity index (χ4v) is 8.62. The molecule has 0 unspecified atom stereocenters. The van der Waals surface area contributed by atoms with E-state index in [4.69, 9.17) is 9.84 Å². The maximum atomic E-state index is 13.7. The van der Waals surface area contributed by atoms with Gasteiger partial charge in [-0.15, -0.1) is 0 Å². The van der Waals surface area contributed by atoms with Crippen LogP contribution in [-0.2, 0) is 19.1 Å². The predicted molar refractivity (Wildman–Crippen MR) is 113 cm³/mol. The summed E-state index contributed by atoms with van der Waals surface area (Å²) < 4.78 is 5.31. The fourth-order valence-electron chi connectivity index (χ4n) is 8.62. The minimum absolute atomic E-state index is 0.0487. The minimum atomic E-state index is -0.739. The molecule has 4 fully saturated rings. The van der Waals surface area contributed by atoms with Gasteiger partial charge in [0.1, 0.15) is 11.9 Å². The molecule has 0 aromatic rings. The van der Waals surface area contributed by atoms with Gasteiger partial charge in [0.05, 0.1) is 0 Å². The highest BCUT2D eigenvalue weighted by Crippen LogP contribution is 2.67. The van der Waals surface area contributed by atoms with Gasteiger partial charge in [0.25, 0.3) is 6.47 Å². The highest BCUT2D eigenvalue weighted by molar-refractivity contribution is 5.87. The highest BCUT2D eigenvalue weighted by Gasteiger charge is 2.64. The average molecular weight is 419 g/mol. The lowest BCUT2D eigenvalue weighted by molar-refractivity contribution is -0.163. The van der Waals surface area contributed by atoms with E-state index >= 15 is 0 Å². The van der Waals surface area contributed by atoms with Crippen LogP contribution in [0.25, 0.3) is 0 Å². The third kappa shape index (κ3) is 3.31. The van der Waals surface area contributed by atoms with Gasteiger partial charge in [-0.1, -0.05) is 20.8 Å². The first-order chi connectivity index (χ1) is 14.2. The van der Waals surface area contributed by atoms with E-state index in [1.165, 1.54) is 12.8 Å². The van der Waals surface area contributed by atoms with Crippen LogP contribution in [0.3, 0.4) is 0 Å². The van der Waals surface area contributed by atoms with Gasteiger partial charge in [-0.05, 0) is 92.3 Å². The molecule has 168 valence electrons. The Morgan fingerprint density at radius 2 is 1.97 bits per heavy atom. The van der Waals surface area contributed by atoms with E-state index in [9.17, 15) is 14.4 Å². The zero-order chi connectivity index (χ0) is 21.7. The molecular formula is C25H38O5. The van der Waals surface area contributed by atoms with Crippen molar-refractivity contribution in [2.24, 2.45) is 46.3 Å². The molecule has 4 aliphatic rings. The third-order valence-corrected chi connectivity index (χ3v) is 10.3. The summed E-state index contributed by atoms with van der Waals surface area (Å²) in [5.74, 6) is 2.34. The smallest absolute Gasteiger partial charge is 0.303 e. The number of ketones is 1. The van der Waals surface area contributed by atoms with Crippen LogP contribution in [0.15, 0.2) is 0 Å². The normalized spacial score (nSPS) is 46.3. The Kier molecular flexibility index (Phi) is 5.78. The van der Waals surface area contributed by atoms with Crippen molar-refractivity contribution < 1.29 is 24.2 Å². The molecule has 5 nitrogen and oxygen atoms in total. The van der Waals surface area contributed by atoms with Crippen molar-refractivity contribution in [2.75, 3.05) is 0 Å². The number of aliphatic carboxylic acids is 1. The van der Waals surface area contributed by atoms with Gasteiger partial charge < -0.3 is 9.84 Å². The number of fused-ring (bicyclic) bond motifs is 5. The maximum absolute atomic E-state index is 13.7. The van der Waals surface area contributed by atoms with Gasteiger partial charge in [-0.25, -0.2) is 0 Å². The topological polar surface area (TPSA) is 80.7 Å². The molecule has 0 radical (unpaired) electrons. The summed E-state index contributed by atoms with van der Waals surface area (Å²) in [5.41, 5.74) is -0.101. The van der Waals surface area contributed by atoms with E-state index < -0.39 is 5.97 Å². The number of Topliss-reactive ketones (excluding diaryl/α,β-unsaturated/α-hetero) is 1. The number of rotatable bonds is 6.